The van der Waals surface area contributed by atoms with Crippen molar-refractivity contribution < 1.29 is 14.1 Å². The van der Waals surface area contributed by atoms with Crippen LogP contribution in [0.25, 0.3) is 0 Å². The molecule has 0 unspecified atom stereocenters. The van der Waals surface area contributed by atoms with Crippen molar-refractivity contribution in [1.82, 2.24) is 0 Å². The van der Waals surface area contributed by atoms with Crippen LogP contribution in [0.5, 0.6) is 5.75 Å². The third kappa shape index (κ3) is 3.28. The number of rotatable bonds is 5. The van der Waals surface area contributed by atoms with E-state index in [4.69, 9.17) is 4.74 Å². The van der Waals surface area contributed by atoms with E-state index in [1.165, 1.54) is 12.1 Å². The molecule has 0 aliphatic carbocycles. The number of nitrogens with one attached hydrogen (secondary N) is 1. The van der Waals surface area contributed by atoms with Crippen LogP contribution in [0.3, 0.4) is 0 Å². The van der Waals surface area contributed by atoms with Gasteiger partial charge in [-0.05, 0) is 25.1 Å². The average molecular weight is 290 g/mol. The van der Waals surface area contributed by atoms with Gasteiger partial charge in [0, 0.05) is 5.56 Å². The largest absolute Gasteiger partial charge is 0.496 e. The highest BCUT2D eigenvalue weighted by Gasteiger charge is 2.18. The summed E-state index contributed by atoms with van der Waals surface area (Å²) in [7, 11) is 1.56. The van der Waals surface area contributed by atoms with E-state index in [9.17, 15) is 14.5 Å². The molecule has 2 aromatic rings. The van der Waals surface area contributed by atoms with E-state index in [-0.39, 0.29) is 17.4 Å². The fourth-order valence-corrected chi connectivity index (χ4v) is 2.11. The number of anilines is 1. The fourth-order valence-electron chi connectivity index (χ4n) is 2.11. The lowest BCUT2D eigenvalue weighted by atomic mass is 10.1. The second-order valence-corrected chi connectivity index (χ2v) is 4.53. The molecule has 0 aliphatic heterocycles. The Hall–Kier alpha value is -2.63. The Kier molecular flexibility index (Phi) is 4.37. The van der Waals surface area contributed by atoms with Crippen molar-refractivity contribution in [3.63, 3.8) is 0 Å². The Labute approximate surface area is 121 Å². The van der Waals surface area contributed by atoms with Gasteiger partial charge in [0.2, 0.25) is 0 Å². The van der Waals surface area contributed by atoms with Crippen LogP contribution in [0.15, 0.2) is 42.5 Å². The molecule has 0 fully saturated rings. The molecule has 0 aliphatic rings. The summed E-state index contributed by atoms with van der Waals surface area (Å²) >= 11 is 0. The van der Waals surface area contributed by atoms with Crippen LogP contribution >= 0.6 is 0 Å². The van der Waals surface area contributed by atoms with Crippen LogP contribution in [0.4, 0.5) is 15.8 Å². The zero-order chi connectivity index (χ0) is 15.4. The van der Waals surface area contributed by atoms with Gasteiger partial charge in [-0.2, -0.15) is 0 Å². The Morgan fingerprint density at radius 3 is 2.67 bits per heavy atom. The van der Waals surface area contributed by atoms with Crippen molar-refractivity contribution in [2.75, 3.05) is 12.4 Å². The molecule has 0 bridgehead atoms. The van der Waals surface area contributed by atoms with Gasteiger partial charge in [-0.1, -0.05) is 18.2 Å². The summed E-state index contributed by atoms with van der Waals surface area (Å²) in [6.45, 7) is 1.85. The third-order valence-corrected chi connectivity index (χ3v) is 3.13. The highest BCUT2D eigenvalue weighted by atomic mass is 19.1. The number of hydrogen-bond donors (Lipinski definition) is 1. The first kappa shape index (κ1) is 14.8. The molecule has 0 amide bonds. The topological polar surface area (TPSA) is 64.4 Å². The molecule has 0 saturated heterocycles. The van der Waals surface area contributed by atoms with Crippen molar-refractivity contribution in [2.45, 2.75) is 13.0 Å². The summed E-state index contributed by atoms with van der Waals surface area (Å²) in [4.78, 5) is 10.4. The number of hydrogen-bond acceptors (Lipinski definition) is 4. The molecule has 5 nitrogen and oxygen atoms in total. The number of nitrogens with zero attached hydrogens (tertiary/aromatic N) is 1. The van der Waals surface area contributed by atoms with E-state index in [0.717, 1.165) is 11.6 Å². The minimum atomic E-state index is -0.641. The van der Waals surface area contributed by atoms with Gasteiger partial charge in [0.15, 0.2) is 0 Å². The minimum Gasteiger partial charge on any atom is -0.496 e. The lowest BCUT2D eigenvalue weighted by Crippen LogP contribution is -2.09. The molecular formula is C15H15FN2O3. The quantitative estimate of drug-likeness (QED) is 0.669. The van der Waals surface area contributed by atoms with E-state index in [1.54, 1.807) is 7.11 Å². The lowest BCUT2D eigenvalue weighted by molar-refractivity contribution is -0.384. The molecule has 0 radical (unpaired) electrons. The number of nitro benzene ring substituents is 1. The van der Waals surface area contributed by atoms with Crippen molar-refractivity contribution in [2.24, 2.45) is 0 Å². The van der Waals surface area contributed by atoms with Gasteiger partial charge in [0.1, 0.15) is 17.3 Å². The molecule has 6 heteroatoms. The van der Waals surface area contributed by atoms with E-state index in [1.807, 2.05) is 31.2 Å². The SMILES string of the molecule is COc1ccccc1[C@@H](C)Nc1ccc(F)cc1[N+](=O)[O-]. The van der Waals surface area contributed by atoms with E-state index in [2.05, 4.69) is 5.32 Å². The van der Waals surface area contributed by atoms with Gasteiger partial charge in [0.25, 0.3) is 5.69 Å². The van der Waals surface area contributed by atoms with Crippen LogP contribution in [0.2, 0.25) is 0 Å². The third-order valence-electron chi connectivity index (χ3n) is 3.13. The van der Waals surface area contributed by atoms with Crippen LogP contribution in [0, 0.1) is 15.9 Å². The first-order valence-electron chi connectivity index (χ1n) is 6.36. The zero-order valence-electron chi connectivity index (χ0n) is 11.7. The van der Waals surface area contributed by atoms with Gasteiger partial charge in [-0.15, -0.1) is 0 Å². The normalized spacial score (nSPS) is 11.8. The van der Waals surface area contributed by atoms with E-state index < -0.39 is 10.7 Å². The van der Waals surface area contributed by atoms with Crippen molar-refractivity contribution in [1.29, 1.82) is 0 Å². The van der Waals surface area contributed by atoms with Gasteiger partial charge in [-0.25, -0.2) is 4.39 Å². The molecule has 21 heavy (non-hydrogen) atoms. The number of ether oxygens (including phenoxy) is 1. The minimum absolute atomic E-state index is 0.231. The van der Waals surface area contributed by atoms with Gasteiger partial charge < -0.3 is 10.1 Å². The fraction of sp³-hybridized carbons (Fsp3) is 0.200. The average Bonchev–Trinajstić information content (AvgIpc) is 2.48. The first-order valence-corrected chi connectivity index (χ1v) is 6.36. The van der Waals surface area contributed by atoms with Crippen molar-refractivity contribution in [3.8, 4) is 5.75 Å². The first-order chi connectivity index (χ1) is 10.0. The number of nitro groups is 1. The predicted molar refractivity (Wildman–Crippen MR) is 78.1 cm³/mol. The van der Waals surface area contributed by atoms with Crippen LogP contribution in [-0.2, 0) is 0 Å². The maximum Gasteiger partial charge on any atom is 0.295 e. The molecule has 0 saturated carbocycles. The summed E-state index contributed by atoms with van der Waals surface area (Å²) in [5, 5.41) is 14.0. The maximum absolute atomic E-state index is 13.1. The monoisotopic (exact) mass is 290 g/mol. The number of benzene rings is 2. The maximum atomic E-state index is 13.1. The molecule has 0 aromatic heterocycles. The molecule has 2 rings (SSSR count). The zero-order valence-corrected chi connectivity index (χ0v) is 11.7. The van der Waals surface area contributed by atoms with Crippen molar-refractivity contribution in [3.05, 3.63) is 64.0 Å². The van der Waals surface area contributed by atoms with Crippen LogP contribution < -0.4 is 10.1 Å². The Balaban J connectivity index is 2.31. The van der Waals surface area contributed by atoms with E-state index >= 15 is 0 Å². The lowest BCUT2D eigenvalue weighted by Gasteiger charge is -2.18. The molecule has 1 atom stereocenters. The molecule has 0 spiro atoms. The number of methoxy groups -OCH3 is 1. The Morgan fingerprint density at radius 1 is 1.29 bits per heavy atom. The number of halogens is 1. The highest BCUT2D eigenvalue weighted by Crippen LogP contribution is 2.31. The molecule has 1 N–H and O–H groups in total. The van der Waals surface area contributed by atoms with Crippen molar-refractivity contribution >= 4 is 11.4 Å². The molecule has 0 heterocycles. The summed E-state index contributed by atoms with van der Waals surface area (Å²) in [5.74, 6) is 0.0412. The van der Waals surface area contributed by atoms with Crippen LogP contribution in [0.1, 0.15) is 18.5 Å². The standard InChI is InChI=1S/C15H15FN2O3/c1-10(12-5-3-4-6-15(12)21-2)17-13-8-7-11(16)9-14(13)18(19)20/h3-10,17H,1-2H3/t10-/m1/s1. The van der Waals surface area contributed by atoms with E-state index in [0.29, 0.717) is 5.75 Å². The second-order valence-electron chi connectivity index (χ2n) is 4.53. The summed E-state index contributed by atoms with van der Waals surface area (Å²) in [5.41, 5.74) is 0.829. The van der Waals surface area contributed by atoms with Crippen LogP contribution in [-0.4, -0.2) is 12.0 Å². The van der Waals surface area contributed by atoms with Gasteiger partial charge in [-0.3, -0.25) is 10.1 Å². The van der Waals surface area contributed by atoms with Gasteiger partial charge in [0.05, 0.1) is 24.1 Å². The molecule has 2 aromatic carbocycles. The summed E-state index contributed by atoms with van der Waals surface area (Å²) < 4.78 is 18.4. The predicted octanol–water partition coefficient (Wildman–Crippen LogP) is 3.92. The summed E-state index contributed by atoms with van der Waals surface area (Å²) in [6.07, 6.45) is 0. The second kappa shape index (κ2) is 6.21. The number of para-hydroxylation sites is 1. The molecule has 110 valence electrons. The smallest absolute Gasteiger partial charge is 0.295 e. The Bertz CT molecular complexity index is 661. The Morgan fingerprint density at radius 2 is 2.00 bits per heavy atom. The van der Waals surface area contributed by atoms with Gasteiger partial charge >= 0.3 is 0 Å². The molecular weight excluding hydrogens is 275 g/mol. The highest BCUT2D eigenvalue weighted by molar-refractivity contribution is 5.62. The summed E-state index contributed by atoms with van der Waals surface area (Å²) in [6, 6.07) is 10.6.